The molecule has 19 heavy (non-hydrogen) atoms. The van der Waals surface area contributed by atoms with Crippen molar-refractivity contribution in [2.45, 2.75) is 6.92 Å². The van der Waals surface area contributed by atoms with Crippen molar-refractivity contribution in [2.75, 3.05) is 11.1 Å². The van der Waals surface area contributed by atoms with Crippen LogP contribution in [0.4, 0.5) is 11.4 Å². The first-order valence-corrected chi connectivity index (χ1v) is 6.77. The van der Waals surface area contributed by atoms with E-state index in [9.17, 15) is 4.79 Å². The molecule has 0 unspecified atom stereocenters. The lowest BCUT2D eigenvalue weighted by Gasteiger charge is -2.09. The summed E-state index contributed by atoms with van der Waals surface area (Å²) < 4.78 is 0.899. The number of rotatable bonds is 2. The van der Waals surface area contributed by atoms with Crippen molar-refractivity contribution in [3.05, 3.63) is 57.0 Å². The van der Waals surface area contributed by atoms with Crippen LogP contribution in [0.1, 0.15) is 15.9 Å². The standard InChI is InChI=1S/C14H12BrClN2O/c1-8-10(3-2-4-11(8)15)14(19)18-9-5-6-13(17)12(16)7-9/h2-7H,17H2,1H3,(H,18,19). The monoisotopic (exact) mass is 338 g/mol. The SMILES string of the molecule is Cc1c(Br)cccc1C(=O)Nc1ccc(N)c(Cl)c1. The van der Waals surface area contributed by atoms with Crippen molar-refractivity contribution in [1.29, 1.82) is 0 Å². The molecule has 0 spiro atoms. The Bertz CT molecular complexity index is 643. The first-order valence-electron chi connectivity index (χ1n) is 5.60. The number of carbonyl (C=O) groups excluding carboxylic acids is 1. The third-order valence-corrected chi connectivity index (χ3v) is 3.96. The van der Waals surface area contributed by atoms with Gasteiger partial charge in [0, 0.05) is 15.7 Å². The van der Waals surface area contributed by atoms with E-state index >= 15 is 0 Å². The topological polar surface area (TPSA) is 55.1 Å². The molecule has 3 nitrogen and oxygen atoms in total. The average Bonchev–Trinajstić information content (AvgIpc) is 2.37. The van der Waals surface area contributed by atoms with Gasteiger partial charge in [-0.05, 0) is 42.8 Å². The Morgan fingerprint density at radius 1 is 1.32 bits per heavy atom. The second kappa shape index (κ2) is 5.63. The molecule has 0 aliphatic rings. The van der Waals surface area contributed by atoms with E-state index in [1.807, 2.05) is 19.1 Å². The number of hydrogen-bond acceptors (Lipinski definition) is 2. The Labute approximate surface area is 124 Å². The molecule has 2 aromatic carbocycles. The van der Waals surface area contributed by atoms with Gasteiger partial charge in [0.15, 0.2) is 0 Å². The third-order valence-electron chi connectivity index (χ3n) is 2.77. The van der Waals surface area contributed by atoms with Gasteiger partial charge in [-0.3, -0.25) is 4.79 Å². The molecule has 0 saturated carbocycles. The molecule has 2 rings (SSSR count). The number of anilines is 2. The van der Waals surface area contributed by atoms with Crippen LogP contribution in [0.25, 0.3) is 0 Å². The lowest BCUT2D eigenvalue weighted by atomic mass is 10.1. The van der Waals surface area contributed by atoms with Crippen LogP contribution in [0.5, 0.6) is 0 Å². The number of halogens is 2. The first kappa shape index (κ1) is 13.9. The van der Waals surface area contributed by atoms with Gasteiger partial charge in [-0.1, -0.05) is 33.6 Å². The van der Waals surface area contributed by atoms with Crippen LogP contribution in [0.3, 0.4) is 0 Å². The van der Waals surface area contributed by atoms with Gasteiger partial charge in [-0.25, -0.2) is 0 Å². The Morgan fingerprint density at radius 3 is 2.74 bits per heavy atom. The molecule has 0 atom stereocenters. The first-order chi connectivity index (χ1) is 8.99. The summed E-state index contributed by atoms with van der Waals surface area (Å²) in [6.07, 6.45) is 0. The van der Waals surface area contributed by atoms with Crippen molar-refractivity contribution >= 4 is 44.8 Å². The summed E-state index contributed by atoms with van der Waals surface area (Å²) in [5.74, 6) is -0.181. The van der Waals surface area contributed by atoms with E-state index < -0.39 is 0 Å². The van der Waals surface area contributed by atoms with E-state index in [0.717, 1.165) is 10.0 Å². The molecule has 0 radical (unpaired) electrons. The summed E-state index contributed by atoms with van der Waals surface area (Å²) in [7, 11) is 0. The highest BCUT2D eigenvalue weighted by Crippen LogP contribution is 2.24. The second-order valence-corrected chi connectivity index (χ2v) is 5.36. The van der Waals surface area contributed by atoms with Gasteiger partial charge < -0.3 is 11.1 Å². The summed E-state index contributed by atoms with van der Waals surface area (Å²) in [6.45, 7) is 1.88. The van der Waals surface area contributed by atoms with Gasteiger partial charge in [0.2, 0.25) is 0 Å². The highest BCUT2D eigenvalue weighted by atomic mass is 79.9. The maximum atomic E-state index is 12.2. The van der Waals surface area contributed by atoms with Gasteiger partial charge in [0.1, 0.15) is 0 Å². The number of nitrogens with two attached hydrogens (primary N) is 1. The van der Waals surface area contributed by atoms with Crippen LogP contribution in [0, 0.1) is 6.92 Å². The van der Waals surface area contributed by atoms with Crippen LogP contribution >= 0.6 is 27.5 Å². The Balaban J connectivity index is 2.26. The smallest absolute Gasteiger partial charge is 0.255 e. The van der Waals surface area contributed by atoms with E-state index in [1.165, 1.54) is 0 Å². The highest BCUT2D eigenvalue weighted by molar-refractivity contribution is 9.10. The van der Waals surface area contributed by atoms with Gasteiger partial charge in [0.25, 0.3) is 5.91 Å². The van der Waals surface area contributed by atoms with Gasteiger partial charge in [-0.2, -0.15) is 0 Å². The fourth-order valence-electron chi connectivity index (χ4n) is 1.66. The van der Waals surface area contributed by atoms with E-state index in [4.69, 9.17) is 17.3 Å². The largest absolute Gasteiger partial charge is 0.398 e. The van der Waals surface area contributed by atoms with Crippen LogP contribution in [0.15, 0.2) is 40.9 Å². The number of hydrogen-bond donors (Lipinski definition) is 2. The quantitative estimate of drug-likeness (QED) is 0.804. The number of nitrogen functional groups attached to an aromatic ring is 1. The van der Waals surface area contributed by atoms with Crippen molar-refractivity contribution in [1.82, 2.24) is 0 Å². The minimum atomic E-state index is -0.181. The number of amides is 1. The predicted octanol–water partition coefficient (Wildman–Crippen LogP) is 4.25. The normalized spacial score (nSPS) is 10.3. The number of nitrogens with one attached hydrogen (secondary N) is 1. The zero-order valence-electron chi connectivity index (χ0n) is 10.2. The Hall–Kier alpha value is -1.52. The molecular weight excluding hydrogens is 328 g/mol. The van der Waals surface area contributed by atoms with Gasteiger partial charge >= 0.3 is 0 Å². The third kappa shape index (κ3) is 3.08. The Morgan fingerprint density at radius 2 is 2.05 bits per heavy atom. The Kier molecular flexibility index (Phi) is 4.12. The zero-order valence-corrected chi connectivity index (χ0v) is 12.5. The van der Waals surface area contributed by atoms with Gasteiger partial charge in [0.05, 0.1) is 10.7 Å². The fraction of sp³-hybridized carbons (Fsp3) is 0.0714. The zero-order chi connectivity index (χ0) is 14.0. The molecule has 2 aromatic rings. The summed E-state index contributed by atoms with van der Waals surface area (Å²) in [4.78, 5) is 12.2. The number of benzene rings is 2. The minimum absolute atomic E-state index is 0.181. The van der Waals surface area contributed by atoms with Crippen LogP contribution in [-0.4, -0.2) is 5.91 Å². The molecule has 5 heteroatoms. The molecule has 0 aliphatic heterocycles. The van der Waals surface area contributed by atoms with Crippen molar-refractivity contribution in [2.24, 2.45) is 0 Å². The molecule has 1 amide bonds. The van der Waals surface area contributed by atoms with Crippen LogP contribution in [0.2, 0.25) is 5.02 Å². The van der Waals surface area contributed by atoms with Crippen LogP contribution in [-0.2, 0) is 0 Å². The van der Waals surface area contributed by atoms with E-state index in [-0.39, 0.29) is 5.91 Å². The summed E-state index contributed by atoms with van der Waals surface area (Å²) in [5.41, 5.74) is 8.23. The van der Waals surface area contributed by atoms with E-state index in [1.54, 1.807) is 24.3 Å². The molecule has 98 valence electrons. The molecule has 0 aliphatic carbocycles. The number of carbonyl (C=O) groups is 1. The molecule has 0 saturated heterocycles. The maximum Gasteiger partial charge on any atom is 0.255 e. The summed E-state index contributed by atoms with van der Waals surface area (Å²) in [6, 6.07) is 10.5. The fourth-order valence-corrected chi connectivity index (χ4v) is 2.20. The van der Waals surface area contributed by atoms with E-state index in [0.29, 0.717) is 22.0 Å². The van der Waals surface area contributed by atoms with Crippen LogP contribution < -0.4 is 11.1 Å². The van der Waals surface area contributed by atoms with Crippen molar-refractivity contribution < 1.29 is 4.79 Å². The molecule has 0 aromatic heterocycles. The molecule has 0 fully saturated rings. The molecule has 3 N–H and O–H groups in total. The molecule has 0 bridgehead atoms. The predicted molar refractivity (Wildman–Crippen MR) is 82.7 cm³/mol. The molecule has 0 heterocycles. The maximum absolute atomic E-state index is 12.2. The van der Waals surface area contributed by atoms with Crippen molar-refractivity contribution in [3.8, 4) is 0 Å². The summed E-state index contributed by atoms with van der Waals surface area (Å²) in [5, 5.41) is 3.21. The van der Waals surface area contributed by atoms with E-state index in [2.05, 4.69) is 21.2 Å². The summed E-state index contributed by atoms with van der Waals surface area (Å²) >= 11 is 9.32. The van der Waals surface area contributed by atoms with Crippen molar-refractivity contribution in [3.63, 3.8) is 0 Å². The lowest BCUT2D eigenvalue weighted by Crippen LogP contribution is -2.13. The van der Waals surface area contributed by atoms with Gasteiger partial charge in [-0.15, -0.1) is 0 Å². The lowest BCUT2D eigenvalue weighted by molar-refractivity contribution is 0.102. The second-order valence-electron chi connectivity index (χ2n) is 4.10. The average molecular weight is 340 g/mol. The molecular formula is C14H12BrClN2O. The minimum Gasteiger partial charge on any atom is -0.398 e. The highest BCUT2D eigenvalue weighted by Gasteiger charge is 2.11.